The zero-order valence-electron chi connectivity index (χ0n) is 22.7. The molecule has 3 saturated heterocycles. The average molecular weight is 530 g/mol. The minimum absolute atomic E-state index is 0.0183. The summed E-state index contributed by atoms with van der Waals surface area (Å²) < 4.78 is 23.1. The molecule has 38 heavy (non-hydrogen) atoms. The van der Waals surface area contributed by atoms with Crippen LogP contribution in [0.25, 0.3) is 0 Å². The Bertz CT molecular complexity index is 985. The number of piperazine rings is 1. The molecule has 0 bridgehead atoms. The fourth-order valence-electron chi connectivity index (χ4n) is 9.12. The third-order valence-electron chi connectivity index (χ3n) is 11.1. The van der Waals surface area contributed by atoms with Crippen molar-refractivity contribution in [2.24, 2.45) is 23.5 Å². The minimum atomic E-state index is -1.17. The van der Waals surface area contributed by atoms with Crippen LogP contribution in [0, 0.1) is 17.8 Å². The van der Waals surface area contributed by atoms with Gasteiger partial charge >= 0.3 is 0 Å². The van der Waals surface area contributed by atoms with Crippen molar-refractivity contribution in [3.63, 3.8) is 0 Å². The van der Waals surface area contributed by atoms with E-state index >= 15 is 4.39 Å². The highest BCUT2D eigenvalue weighted by Gasteiger charge is 2.61. The van der Waals surface area contributed by atoms with E-state index < -0.39 is 12.1 Å². The molecule has 10 atom stereocenters. The molecule has 0 aromatic heterocycles. The van der Waals surface area contributed by atoms with Crippen LogP contribution in [0.1, 0.15) is 51.4 Å². The van der Waals surface area contributed by atoms with Gasteiger partial charge in [0.15, 0.2) is 5.78 Å². The Morgan fingerprint density at radius 3 is 2.45 bits per heavy atom. The number of hydrogen-bond acceptors (Lipinski definition) is 7. The molecule has 7 aliphatic rings. The number of amides is 1. The predicted octanol–water partition coefficient (Wildman–Crippen LogP) is 1.39. The first-order chi connectivity index (χ1) is 18.4. The lowest BCUT2D eigenvalue weighted by Gasteiger charge is -2.61. The fraction of sp³-hybridized carbons (Fsp3) is 0.862. The van der Waals surface area contributed by atoms with E-state index in [4.69, 9.17) is 10.5 Å². The number of nitrogens with two attached hydrogens (primary N) is 1. The van der Waals surface area contributed by atoms with Crippen molar-refractivity contribution in [3.8, 4) is 0 Å². The third-order valence-corrected chi connectivity index (χ3v) is 11.1. The molecule has 0 radical (unpaired) electrons. The van der Waals surface area contributed by atoms with Crippen molar-refractivity contribution in [1.29, 1.82) is 0 Å². The predicted molar refractivity (Wildman–Crippen MR) is 141 cm³/mol. The Kier molecular flexibility index (Phi) is 6.57. The van der Waals surface area contributed by atoms with Crippen LogP contribution in [0.3, 0.4) is 0 Å². The second-order valence-electron chi connectivity index (χ2n) is 13.3. The molecule has 3 aliphatic carbocycles. The first kappa shape index (κ1) is 25.4. The van der Waals surface area contributed by atoms with Gasteiger partial charge in [-0.25, -0.2) is 4.39 Å². The molecule has 10 unspecified atom stereocenters. The molecule has 3 saturated carbocycles. The highest BCUT2D eigenvalue weighted by atomic mass is 19.1. The van der Waals surface area contributed by atoms with Crippen molar-refractivity contribution in [1.82, 2.24) is 19.6 Å². The molecule has 1 amide bonds. The van der Waals surface area contributed by atoms with E-state index in [2.05, 4.69) is 21.7 Å². The summed E-state index contributed by atoms with van der Waals surface area (Å²) in [5, 5.41) is 0. The highest BCUT2D eigenvalue weighted by Crippen LogP contribution is 2.51. The number of ketones is 1. The van der Waals surface area contributed by atoms with Gasteiger partial charge < -0.3 is 25.2 Å². The standard InChI is InChI=1S/C29H44FN5O3/c1-32-8-10-33(11-9-32)29(37)21-16-35-23-12-17-4-2-3-5-18(17)13-24(23)38-28-25(35)20(27(21)36)14-22(30)26(28)34-7-6-19(31)15-34/h16-20,22-26,28H,2-15,31H2,1H3. The van der Waals surface area contributed by atoms with E-state index in [1.807, 2.05) is 11.1 Å². The molecule has 210 valence electrons. The number of nitrogens with zero attached hydrogens (tertiary/aromatic N) is 4. The molecule has 2 N–H and O–H groups in total. The maximum atomic E-state index is 16.1. The lowest BCUT2D eigenvalue weighted by atomic mass is 9.64. The SMILES string of the molecule is CN1CCN(C(=O)C2=CN3C4CC5CCCCC5CC4OC4C(N5CCC(N)C5)C(F)CC(C2=O)C43)CC1. The monoisotopic (exact) mass is 529 g/mol. The second kappa shape index (κ2) is 9.82. The van der Waals surface area contributed by atoms with E-state index in [0.29, 0.717) is 31.5 Å². The summed E-state index contributed by atoms with van der Waals surface area (Å²) in [4.78, 5) is 36.2. The molecule has 0 aromatic rings. The van der Waals surface area contributed by atoms with E-state index in [1.165, 1.54) is 25.7 Å². The van der Waals surface area contributed by atoms with Gasteiger partial charge in [0.1, 0.15) is 6.17 Å². The van der Waals surface area contributed by atoms with Crippen LogP contribution in [-0.2, 0) is 14.3 Å². The van der Waals surface area contributed by atoms with Crippen LogP contribution >= 0.6 is 0 Å². The number of carbonyl (C=O) groups is 2. The second-order valence-corrected chi connectivity index (χ2v) is 13.3. The number of alkyl halides is 1. The van der Waals surface area contributed by atoms with Gasteiger partial charge in [-0.1, -0.05) is 25.7 Å². The molecule has 4 aliphatic heterocycles. The average Bonchev–Trinajstić information content (AvgIpc) is 3.34. The first-order valence-electron chi connectivity index (χ1n) is 15.2. The number of Topliss-reactive ketones (excluding diaryl/α,β-unsaturated/α-hetero) is 1. The summed E-state index contributed by atoms with van der Waals surface area (Å²) in [6, 6.07) is -0.375. The number of likely N-dealkylation sites (N-methyl/N-ethyl adjacent to an activating group) is 1. The Balaban J connectivity index is 1.25. The van der Waals surface area contributed by atoms with Crippen LogP contribution in [-0.4, -0.2) is 120 Å². The number of halogens is 1. The maximum Gasteiger partial charge on any atom is 0.259 e. The number of ether oxygens (including phenoxy) is 1. The summed E-state index contributed by atoms with van der Waals surface area (Å²) in [6.45, 7) is 4.31. The van der Waals surface area contributed by atoms with E-state index in [9.17, 15) is 9.59 Å². The van der Waals surface area contributed by atoms with Crippen molar-refractivity contribution in [3.05, 3.63) is 11.8 Å². The number of likely N-dealkylation sites (tertiary alicyclic amines) is 1. The first-order valence-corrected chi connectivity index (χ1v) is 15.2. The Morgan fingerprint density at radius 2 is 1.74 bits per heavy atom. The fourth-order valence-corrected chi connectivity index (χ4v) is 9.12. The summed E-state index contributed by atoms with van der Waals surface area (Å²) in [7, 11) is 2.06. The van der Waals surface area contributed by atoms with Gasteiger partial charge in [0.05, 0.1) is 35.9 Å². The van der Waals surface area contributed by atoms with Gasteiger partial charge in [-0.3, -0.25) is 14.5 Å². The van der Waals surface area contributed by atoms with Crippen molar-refractivity contribution in [2.75, 3.05) is 46.3 Å². The smallest absolute Gasteiger partial charge is 0.259 e. The normalized spacial score (nSPS) is 45.8. The molecule has 6 fully saturated rings. The summed E-state index contributed by atoms with van der Waals surface area (Å²) >= 11 is 0. The number of rotatable bonds is 2. The summed E-state index contributed by atoms with van der Waals surface area (Å²) in [5.41, 5.74) is 6.52. The maximum absolute atomic E-state index is 16.1. The van der Waals surface area contributed by atoms with Crippen molar-refractivity contribution in [2.45, 2.75) is 93.9 Å². The molecule has 7 rings (SSSR count). The molecular formula is C29H44FN5O3. The summed E-state index contributed by atoms with van der Waals surface area (Å²) in [5.74, 6) is 0.464. The van der Waals surface area contributed by atoms with Crippen LogP contribution in [0.2, 0.25) is 0 Å². The van der Waals surface area contributed by atoms with Gasteiger partial charge in [0.2, 0.25) is 0 Å². The van der Waals surface area contributed by atoms with Crippen LogP contribution in [0.4, 0.5) is 4.39 Å². The Labute approximate surface area is 225 Å². The minimum Gasteiger partial charge on any atom is -0.369 e. The van der Waals surface area contributed by atoms with Gasteiger partial charge in [-0.15, -0.1) is 0 Å². The topological polar surface area (TPSA) is 82.3 Å². The number of morpholine rings is 1. The number of fused-ring (bicyclic) bond motifs is 3. The number of hydrogen-bond donors (Lipinski definition) is 1. The van der Waals surface area contributed by atoms with Gasteiger partial charge in [-0.2, -0.15) is 0 Å². The van der Waals surface area contributed by atoms with E-state index in [1.54, 1.807) is 0 Å². The zero-order valence-corrected chi connectivity index (χ0v) is 22.7. The Hall–Kier alpha value is -1.55. The molecule has 8 nitrogen and oxygen atoms in total. The zero-order chi connectivity index (χ0) is 26.1. The lowest BCUT2D eigenvalue weighted by molar-refractivity contribution is -0.219. The largest absolute Gasteiger partial charge is 0.369 e. The number of carbonyl (C=O) groups excluding carboxylic acids is 2. The van der Waals surface area contributed by atoms with E-state index in [-0.39, 0.29) is 60.1 Å². The van der Waals surface area contributed by atoms with Crippen LogP contribution in [0.15, 0.2) is 11.8 Å². The molecule has 0 spiro atoms. The lowest BCUT2D eigenvalue weighted by Crippen LogP contribution is -2.73. The molecule has 4 heterocycles. The van der Waals surface area contributed by atoms with Crippen molar-refractivity contribution >= 4 is 11.7 Å². The molecular weight excluding hydrogens is 485 g/mol. The third kappa shape index (κ3) is 4.14. The highest BCUT2D eigenvalue weighted by molar-refractivity contribution is 6.20. The van der Waals surface area contributed by atoms with E-state index in [0.717, 1.165) is 38.9 Å². The van der Waals surface area contributed by atoms with Crippen molar-refractivity contribution < 1.29 is 18.7 Å². The van der Waals surface area contributed by atoms with Gasteiger partial charge in [0, 0.05) is 57.4 Å². The van der Waals surface area contributed by atoms with Crippen LogP contribution < -0.4 is 5.73 Å². The Morgan fingerprint density at radius 1 is 1.00 bits per heavy atom. The summed E-state index contributed by atoms with van der Waals surface area (Å²) in [6.07, 6.45) is 8.55. The van der Waals surface area contributed by atoms with Gasteiger partial charge in [-0.05, 0) is 44.6 Å². The van der Waals surface area contributed by atoms with Gasteiger partial charge in [0.25, 0.3) is 5.91 Å². The molecule has 0 aromatic carbocycles. The quantitative estimate of drug-likeness (QED) is 0.542. The molecule has 9 heteroatoms. The van der Waals surface area contributed by atoms with Crippen LogP contribution in [0.5, 0.6) is 0 Å².